The maximum absolute atomic E-state index is 12.1. The number of nitrogens with zero attached hydrogens (tertiary/aromatic N) is 2. The van der Waals surface area contributed by atoms with E-state index in [2.05, 4.69) is 20.8 Å². The van der Waals surface area contributed by atoms with Gasteiger partial charge in [0.25, 0.3) is 5.91 Å². The summed E-state index contributed by atoms with van der Waals surface area (Å²) in [5.41, 5.74) is 1.58. The molecule has 0 unspecified atom stereocenters. The molecule has 5 nitrogen and oxygen atoms in total. The molecule has 1 aromatic heterocycles. The zero-order valence-electron chi connectivity index (χ0n) is 11.3. The average molecular weight is 268 g/mol. The summed E-state index contributed by atoms with van der Waals surface area (Å²) in [7, 11) is 0. The van der Waals surface area contributed by atoms with Gasteiger partial charge in [0, 0.05) is 11.6 Å². The number of amides is 1. The Morgan fingerprint density at radius 3 is 2.45 bits per heavy atom. The summed E-state index contributed by atoms with van der Waals surface area (Å²) >= 11 is 0. The minimum Gasteiger partial charge on any atom is -0.366 e. The van der Waals surface area contributed by atoms with Gasteiger partial charge in [-0.1, -0.05) is 18.2 Å². The first-order valence-corrected chi connectivity index (χ1v) is 6.69. The van der Waals surface area contributed by atoms with Crippen LogP contribution in [-0.2, 0) is 0 Å². The van der Waals surface area contributed by atoms with Crippen molar-refractivity contribution in [2.24, 2.45) is 0 Å². The number of anilines is 2. The Balaban J connectivity index is 1.67. The third-order valence-corrected chi connectivity index (χ3v) is 3.23. The molecule has 3 rings (SSSR count). The van der Waals surface area contributed by atoms with E-state index in [0.717, 1.165) is 11.4 Å². The summed E-state index contributed by atoms with van der Waals surface area (Å²) in [5.74, 6) is 1.04. The molecule has 20 heavy (non-hydrogen) atoms. The van der Waals surface area contributed by atoms with Gasteiger partial charge in [-0.15, -0.1) is 10.2 Å². The molecule has 1 heterocycles. The molecule has 2 N–H and O–H groups in total. The number of carbonyl (C=O) groups is 1. The van der Waals surface area contributed by atoms with E-state index in [1.807, 2.05) is 31.2 Å². The minimum atomic E-state index is -0.166. The maximum atomic E-state index is 12.1. The molecule has 0 atom stereocenters. The van der Waals surface area contributed by atoms with Crippen LogP contribution in [0.15, 0.2) is 36.4 Å². The number of rotatable bonds is 4. The molecule has 0 spiro atoms. The van der Waals surface area contributed by atoms with E-state index in [1.54, 1.807) is 12.1 Å². The second-order valence-corrected chi connectivity index (χ2v) is 4.99. The highest BCUT2D eigenvalue weighted by molar-refractivity contribution is 6.04. The van der Waals surface area contributed by atoms with E-state index < -0.39 is 0 Å². The van der Waals surface area contributed by atoms with Crippen molar-refractivity contribution >= 4 is 17.5 Å². The van der Waals surface area contributed by atoms with Crippen LogP contribution < -0.4 is 10.6 Å². The molecule has 1 aromatic carbocycles. The van der Waals surface area contributed by atoms with E-state index in [4.69, 9.17) is 0 Å². The second kappa shape index (κ2) is 5.28. The molecular formula is C15H16N4O. The fourth-order valence-corrected chi connectivity index (χ4v) is 1.92. The second-order valence-electron chi connectivity index (χ2n) is 4.99. The van der Waals surface area contributed by atoms with Gasteiger partial charge in [0.15, 0.2) is 5.82 Å². The highest BCUT2D eigenvalue weighted by atomic mass is 16.1. The molecule has 1 aliphatic carbocycles. The summed E-state index contributed by atoms with van der Waals surface area (Å²) in [6.07, 6.45) is 2.38. The van der Waals surface area contributed by atoms with Gasteiger partial charge in [0.2, 0.25) is 0 Å². The lowest BCUT2D eigenvalue weighted by atomic mass is 10.1. The predicted molar refractivity (Wildman–Crippen MR) is 77.8 cm³/mol. The van der Waals surface area contributed by atoms with Gasteiger partial charge in [0.1, 0.15) is 5.82 Å². The first-order chi connectivity index (χ1) is 9.72. The number of benzene rings is 1. The van der Waals surface area contributed by atoms with Crippen LogP contribution in [0.3, 0.4) is 0 Å². The maximum Gasteiger partial charge on any atom is 0.257 e. The smallest absolute Gasteiger partial charge is 0.257 e. The molecule has 102 valence electrons. The van der Waals surface area contributed by atoms with Gasteiger partial charge in [0.05, 0.1) is 0 Å². The molecule has 0 saturated heterocycles. The van der Waals surface area contributed by atoms with Crippen molar-refractivity contribution in [1.82, 2.24) is 10.2 Å². The molecule has 2 aromatic rings. The first-order valence-electron chi connectivity index (χ1n) is 6.69. The van der Waals surface area contributed by atoms with Crippen LogP contribution in [0.5, 0.6) is 0 Å². The van der Waals surface area contributed by atoms with Crippen molar-refractivity contribution in [2.45, 2.75) is 25.8 Å². The molecule has 1 amide bonds. The molecular weight excluding hydrogens is 252 g/mol. The highest BCUT2D eigenvalue weighted by Crippen LogP contribution is 2.23. The minimum absolute atomic E-state index is 0.166. The van der Waals surface area contributed by atoms with Crippen LogP contribution in [0.2, 0.25) is 0 Å². The third-order valence-electron chi connectivity index (χ3n) is 3.23. The van der Waals surface area contributed by atoms with Crippen molar-refractivity contribution in [2.75, 3.05) is 10.6 Å². The fourth-order valence-electron chi connectivity index (χ4n) is 1.92. The lowest BCUT2D eigenvalue weighted by Crippen LogP contribution is -2.15. The van der Waals surface area contributed by atoms with Crippen LogP contribution in [0, 0.1) is 6.92 Å². The Bertz CT molecular complexity index is 620. The molecule has 1 saturated carbocycles. The number of nitrogens with one attached hydrogen (secondary N) is 2. The van der Waals surface area contributed by atoms with Gasteiger partial charge in [-0.3, -0.25) is 4.79 Å². The molecule has 0 bridgehead atoms. The van der Waals surface area contributed by atoms with Crippen molar-refractivity contribution in [1.29, 1.82) is 0 Å². The van der Waals surface area contributed by atoms with Gasteiger partial charge in [-0.05, 0) is 43.5 Å². The molecule has 1 fully saturated rings. The SMILES string of the molecule is Cc1ccccc1C(=O)Nc1ccc(NC2CC2)nn1. The topological polar surface area (TPSA) is 66.9 Å². The Hall–Kier alpha value is -2.43. The Morgan fingerprint density at radius 1 is 1.10 bits per heavy atom. The summed E-state index contributed by atoms with van der Waals surface area (Å²) in [6.45, 7) is 1.91. The van der Waals surface area contributed by atoms with Crippen LogP contribution in [-0.4, -0.2) is 22.1 Å². The normalized spacial score (nSPS) is 13.8. The standard InChI is InChI=1S/C15H16N4O/c1-10-4-2-3-5-12(10)15(20)17-14-9-8-13(18-19-14)16-11-6-7-11/h2-5,8-9,11H,6-7H2,1H3,(H,16,18)(H,17,19,20). The average Bonchev–Trinajstić information content (AvgIpc) is 3.25. The van der Waals surface area contributed by atoms with Gasteiger partial charge in [-0.2, -0.15) is 0 Å². The zero-order valence-corrected chi connectivity index (χ0v) is 11.3. The van der Waals surface area contributed by atoms with E-state index >= 15 is 0 Å². The number of carbonyl (C=O) groups excluding carboxylic acids is 1. The van der Waals surface area contributed by atoms with Crippen molar-refractivity contribution in [3.63, 3.8) is 0 Å². The molecule has 0 aliphatic heterocycles. The van der Waals surface area contributed by atoms with Gasteiger partial charge >= 0.3 is 0 Å². The van der Waals surface area contributed by atoms with E-state index in [-0.39, 0.29) is 5.91 Å². The quantitative estimate of drug-likeness (QED) is 0.894. The zero-order chi connectivity index (χ0) is 13.9. The lowest BCUT2D eigenvalue weighted by Gasteiger charge is -2.07. The predicted octanol–water partition coefficient (Wildman–Crippen LogP) is 2.61. The van der Waals surface area contributed by atoms with E-state index in [0.29, 0.717) is 17.4 Å². The lowest BCUT2D eigenvalue weighted by molar-refractivity contribution is 0.102. The Kier molecular flexibility index (Phi) is 3.33. The Labute approximate surface area is 117 Å². The van der Waals surface area contributed by atoms with E-state index in [9.17, 15) is 4.79 Å². The first kappa shape index (κ1) is 12.6. The summed E-state index contributed by atoms with van der Waals surface area (Å²) < 4.78 is 0. The monoisotopic (exact) mass is 268 g/mol. The van der Waals surface area contributed by atoms with Crippen molar-refractivity contribution < 1.29 is 4.79 Å². The van der Waals surface area contributed by atoms with Crippen LogP contribution in [0.25, 0.3) is 0 Å². The number of aromatic nitrogens is 2. The van der Waals surface area contributed by atoms with Gasteiger partial charge < -0.3 is 10.6 Å². The summed E-state index contributed by atoms with van der Waals surface area (Å²) in [4.78, 5) is 12.1. The Morgan fingerprint density at radius 2 is 1.80 bits per heavy atom. The van der Waals surface area contributed by atoms with Crippen molar-refractivity contribution in [3.05, 3.63) is 47.5 Å². The molecule has 5 heteroatoms. The van der Waals surface area contributed by atoms with Crippen LogP contribution in [0.4, 0.5) is 11.6 Å². The molecule has 1 aliphatic rings. The number of hydrogen-bond acceptors (Lipinski definition) is 4. The largest absolute Gasteiger partial charge is 0.366 e. The summed E-state index contributed by atoms with van der Waals surface area (Å²) in [5, 5.41) is 14.1. The third kappa shape index (κ3) is 2.93. The fraction of sp³-hybridized carbons (Fsp3) is 0.267. The van der Waals surface area contributed by atoms with Crippen LogP contribution in [0.1, 0.15) is 28.8 Å². The number of hydrogen-bond donors (Lipinski definition) is 2. The van der Waals surface area contributed by atoms with Gasteiger partial charge in [-0.25, -0.2) is 0 Å². The highest BCUT2D eigenvalue weighted by Gasteiger charge is 2.21. The van der Waals surface area contributed by atoms with E-state index in [1.165, 1.54) is 12.8 Å². The summed E-state index contributed by atoms with van der Waals surface area (Å²) in [6, 6.07) is 11.6. The number of aryl methyl sites for hydroxylation is 1. The van der Waals surface area contributed by atoms with Crippen molar-refractivity contribution in [3.8, 4) is 0 Å². The molecule has 0 radical (unpaired) electrons. The van der Waals surface area contributed by atoms with Crippen LogP contribution >= 0.6 is 0 Å².